The zero-order valence-corrected chi connectivity index (χ0v) is 9.02. The molecule has 0 heterocycles. The van der Waals surface area contributed by atoms with Crippen LogP contribution in [0.4, 0.5) is 10.1 Å². The number of nitrogens with one attached hydrogen (secondary N) is 1. The van der Waals surface area contributed by atoms with Crippen molar-refractivity contribution in [3.63, 3.8) is 0 Å². The zero-order chi connectivity index (χ0) is 10.9. The molecule has 0 unspecified atom stereocenters. The molecule has 1 aromatic carbocycles. The fourth-order valence-electron chi connectivity index (χ4n) is 1.67. The quantitative estimate of drug-likeness (QED) is 0.796. The van der Waals surface area contributed by atoms with Crippen molar-refractivity contribution in [2.75, 3.05) is 18.4 Å². The molecule has 0 aliphatic heterocycles. The highest BCUT2D eigenvalue weighted by Gasteiger charge is 2.40. The van der Waals surface area contributed by atoms with Crippen molar-refractivity contribution in [2.24, 2.45) is 11.1 Å². The minimum Gasteiger partial charge on any atom is -0.384 e. The molecule has 0 bridgehead atoms. The highest BCUT2D eigenvalue weighted by Crippen LogP contribution is 2.44. The van der Waals surface area contributed by atoms with Crippen molar-refractivity contribution < 1.29 is 4.39 Å². The largest absolute Gasteiger partial charge is 0.384 e. The first kappa shape index (κ1) is 10.4. The summed E-state index contributed by atoms with van der Waals surface area (Å²) in [7, 11) is 0. The molecule has 1 aliphatic carbocycles. The fourth-order valence-corrected chi connectivity index (χ4v) is 1.67. The van der Waals surface area contributed by atoms with Crippen molar-refractivity contribution in [1.82, 2.24) is 0 Å². The monoisotopic (exact) mass is 208 g/mol. The number of anilines is 1. The van der Waals surface area contributed by atoms with Crippen LogP contribution in [0.1, 0.15) is 18.4 Å². The van der Waals surface area contributed by atoms with Gasteiger partial charge in [-0.05, 0) is 55.5 Å². The van der Waals surface area contributed by atoms with Gasteiger partial charge in [0.1, 0.15) is 5.82 Å². The van der Waals surface area contributed by atoms with Gasteiger partial charge in [0, 0.05) is 12.2 Å². The van der Waals surface area contributed by atoms with Crippen LogP contribution in [0.25, 0.3) is 0 Å². The summed E-state index contributed by atoms with van der Waals surface area (Å²) < 4.78 is 13.0. The van der Waals surface area contributed by atoms with Crippen molar-refractivity contribution in [3.05, 3.63) is 29.6 Å². The van der Waals surface area contributed by atoms with Crippen LogP contribution < -0.4 is 11.1 Å². The topological polar surface area (TPSA) is 38.0 Å². The highest BCUT2D eigenvalue weighted by atomic mass is 19.1. The molecule has 0 radical (unpaired) electrons. The average molecular weight is 208 g/mol. The van der Waals surface area contributed by atoms with Gasteiger partial charge in [0.15, 0.2) is 0 Å². The lowest BCUT2D eigenvalue weighted by Gasteiger charge is -2.14. The molecule has 1 saturated carbocycles. The predicted molar refractivity (Wildman–Crippen MR) is 60.3 cm³/mol. The molecule has 0 spiro atoms. The van der Waals surface area contributed by atoms with Crippen LogP contribution in [0.15, 0.2) is 18.2 Å². The molecule has 1 aliphatic rings. The number of benzene rings is 1. The predicted octanol–water partition coefficient (Wildman–Crippen LogP) is 2.28. The van der Waals surface area contributed by atoms with E-state index in [1.165, 1.54) is 18.9 Å². The summed E-state index contributed by atoms with van der Waals surface area (Å²) in [6.07, 6.45) is 2.41. The number of nitrogens with two attached hydrogens (primary N) is 1. The summed E-state index contributed by atoms with van der Waals surface area (Å²) >= 11 is 0. The molecule has 0 aromatic heterocycles. The van der Waals surface area contributed by atoms with E-state index in [1.54, 1.807) is 13.0 Å². The van der Waals surface area contributed by atoms with Crippen LogP contribution in [-0.4, -0.2) is 13.1 Å². The summed E-state index contributed by atoms with van der Waals surface area (Å²) in [6, 6.07) is 5.11. The lowest BCUT2D eigenvalue weighted by atomic mass is 10.1. The Labute approximate surface area is 89.7 Å². The van der Waals surface area contributed by atoms with Crippen LogP contribution in [0.3, 0.4) is 0 Å². The first-order valence-corrected chi connectivity index (χ1v) is 5.35. The Morgan fingerprint density at radius 3 is 2.73 bits per heavy atom. The maximum atomic E-state index is 13.0. The van der Waals surface area contributed by atoms with Crippen LogP contribution in [0, 0.1) is 18.2 Å². The first-order chi connectivity index (χ1) is 7.15. The van der Waals surface area contributed by atoms with Crippen LogP contribution in [-0.2, 0) is 0 Å². The third kappa shape index (κ3) is 2.29. The van der Waals surface area contributed by atoms with Crippen molar-refractivity contribution in [1.29, 1.82) is 0 Å². The minimum atomic E-state index is -0.152. The highest BCUT2D eigenvalue weighted by molar-refractivity contribution is 5.46. The van der Waals surface area contributed by atoms with E-state index in [0.29, 0.717) is 11.0 Å². The molecule has 3 heteroatoms. The Bertz CT molecular complexity index is 359. The van der Waals surface area contributed by atoms with Gasteiger partial charge in [-0.25, -0.2) is 4.39 Å². The summed E-state index contributed by atoms with van der Waals surface area (Å²) in [4.78, 5) is 0. The molecule has 0 amide bonds. The fraction of sp³-hybridized carbons (Fsp3) is 0.500. The molecule has 3 N–H and O–H groups in total. The maximum absolute atomic E-state index is 13.0. The van der Waals surface area contributed by atoms with Crippen LogP contribution in [0.5, 0.6) is 0 Å². The summed E-state index contributed by atoms with van der Waals surface area (Å²) in [5, 5.41) is 3.32. The van der Waals surface area contributed by atoms with Gasteiger partial charge in [-0.2, -0.15) is 0 Å². The standard InChI is InChI=1S/C12H17FN2/c1-9-6-10(2-3-11(9)13)15-8-12(7-14)4-5-12/h2-3,6,15H,4-5,7-8,14H2,1H3. The van der Waals surface area contributed by atoms with Crippen LogP contribution in [0.2, 0.25) is 0 Å². The van der Waals surface area contributed by atoms with E-state index in [4.69, 9.17) is 5.73 Å². The second-order valence-electron chi connectivity index (χ2n) is 4.52. The van der Waals surface area contributed by atoms with Gasteiger partial charge < -0.3 is 11.1 Å². The summed E-state index contributed by atoms with van der Waals surface area (Å²) in [5.41, 5.74) is 7.65. The van der Waals surface area contributed by atoms with Gasteiger partial charge >= 0.3 is 0 Å². The van der Waals surface area contributed by atoms with E-state index in [2.05, 4.69) is 5.32 Å². The van der Waals surface area contributed by atoms with Crippen molar-refractivity contribution in [2.45, 2.75) is 19.8 Å². The first-order valence-electron chi connectivity index (χ1n) is 5.35. The molecule has 1 aromatic rings. The molecular formula is C12H17FN2. The lowest BCUT2D eigenvalue weighted by Crippen LogP contribution is -2.24. The van der Waals surface area contributed by atoms with Gasteiger partial charge in [-0.15, -0.1) is 0 Å². The van der Waals surface area contributed by atoms with Gasteiger partial charge in [-0.1, -0.05) is 0 Å². The van der Waals surface area contributed by atoms with E-state index in [9.17, 15) is 4.39 Å². The Kier molecular flexibility index (Phi) is 2.65. The van der Waals surface area contributed by atoms with Gasteiger partial charge in [0.05, 0.1) is 0 Å². The third-order valence-corrected chi connectivity index (χ3v) is 3.22. The molecule has 15 heavy (non-hydrogen) atoms. The molecule has 1 fully saturated rings. The van der Waals surface area contributed by atoms with E-state index in [0.717, 1.165) is 18.8 Å². The van der Waals surface area contributed by atoms with Gasteiger partial charge in [-0.3, -0.25) is 0 Å². The van der Waals surface area contributed by atoms with Gasteiger partial charge in [0.2, 0.25) is 0 Å². The van der Waals surface area contributed by atoms with Crippen molar-refractivity contribution in [3.8, 4) is 0 Å². The van der Waals surface area contributed by atoms with E-state index < -0.39 is 0 Å². The Hall–Kier alpha value is -1.09. The zero-order valence-electron chi connectivity index (χ0n) is 9.02. The molecule has 0 saturated heterocycles. The Morgan fingerprint density at radius 2 is 2.20 bits per heavy atom. The third-order valence-electron chi connectivity index (χ3n) is 3.22. The second-order valence-corrected chi connectivity index (χ2v) is 4.52. The number of rotatable bonds is 4. The number of hydrogen-bond acceptors (Lipinski definition) is 2. The van der Waals surface area contributed by atoms with E-state index in [1.807, 2.05) is 6.07 Å². The van der Waals surface area contributed by atoms with E-state index in [-0.39, 0.29) is 5.82 Å². The number of hydrogen-bond donors (Lipinski definition) is 2. The SMILES string of the molecule is Cc1cc(NCC2(CN)CC2)ccc1F. The molecule has 2 rings (SSSR count). The smallest absolute Gasteiger partial charge is 0.126 e. The molecular weight excluding hydrogens is 191 g/mol. The average Bonchev–Trinajstić information content (AvgIpc) is 3.01. The molecule has 82 valence electrons. The number of aryl methyl sites for hydroxylation is 1. The maximum Gasteiger partial charge on any atom is 0.126 e. The molecule has 0 atom stereocenters. The van der Waals surface area contributed by atoms with Gasteiger partial charge in [0.25, 0.3) is 0 Å². The van der Waals surface area contributed by atoms with E-state index >= 15 is 0 Å². The molecule has 2 nitrogen and oxygen atoms in total. The second kappa shape index (κ2) is 3.81. The number of halogens is 1. The Morgan fingerprint density at radius 1 is 1.47 bits per heavy atom. The summed E-state index contributed by atoms with van der Waals surface area (Å²) in [6.45, 7) is 3.41. The lowest BCUT2D eigenvalue weighted by molar-refractivity contribution is 0.555. The van der Waals surface area contributed by atoms with Crippen LogP contribution >= 0.6 is 0 Å². The normalized spacial score (nSPS) is 17.5. The minimum absolute atomic E-state index is 0.152. The summed E-state index contributed by atoms with van der Waals surface area (Å²) in [5.74, 6) is -0.152. The Balaban J connectivity index is 1.96. The van der Waals surface area contributed by atoms with Crippen molar-refractivity contribution >= 4 is 5.69 Å².